The van der Waals surface area contributed by atoms with Crippen molar-refractivity contribution < 1.29 is 9.53 Å². The van der Waals surface area contributed by atoms with E-state index in [9.17, 15) is 4.79 Å². The van der Waals surface area contributed by atoms with Crippen molar-refractivity contribution in [2.45, 2.75) is 19.8 Å². The molecule has 0 fully saturated rings. The summed E-state index contributed by atoms with van der Waals surface area (Å²) in [5.74, 6) is 0.591. The third-order valence-electron chi connectivity index (χ3n) is 3.61. The topological polar surface area (TPSA) is 62.4 Å². The minimum absolute atomic E-state index is 0.194. The van der Waals surface area contributed by atoms with Gasteiger partial charge >= 0.3 is 0 Å². The van der Waals surface area contributed by atoms with Crippen LogP contribution >= 0.6 is 23.8 Å². The third-order valence-corrected chi connectivity index (χ3v) is 4.11. The van der Waals surface area contributed by atoms with Crippen molar-refractivity contribution in [3.05, 3.63) is 64.7 Å². The van der Waals surface area contributed by atoms with Crippen molar-refractivity contribution in [1.29, 1.82) is 0 Å². The van der Waals surface area contributed by atoms with E-state index in [4.69, 9.17) is 28.6 Å². The molecule has 138 valence electrons. The monoisotopic (exact) mass is 391 g/mol. The highest BCUT2D eigenvalue weighted by Crippen LogP contribution is 2.16. The summed E-state index contributed by atoms with van der Waals surface area (Å²) in [6, 6.07) is 15.3. The molecular weight excluding hydrogens is 370 g/mol. The van der Waals surface area contributed by atoms with E-state index >= 15 is 0 Å². The maximum Gasteiger partial charge on any atom is 0.241 e. The number of ether oxygens (including phenoxy) is 1. The molecule has 7 heteroatoms. The summed E-state index contributed by atoms with van der Waals surface area (Å²) in [6.07, 6.45) is 1.03. The van der Waals surface area contributed by atoms with Crippen LogP contribution in [-0.4, -0.2) is 24.2 Å². The lowest BCUT2D eigenvalue weighted by atomic mass is 10.1. The van der Waals surface area contributed by atoms with Crippen LogP contribution in [0.3, 0.4) is 0 Å². The molecule has 3 N–H and O–H groups in total. The number of thiocarbonyl (C=S) groups is 1. The van der Waals surface area contributed by atoms with Crippen LogP contribution in [0.4, 0.5) is 0 Å². The van der Waals surface area contributed by atoms with Gasteiger partial charge < -0.3 is 10.1 Å². The van der Waals surface area contributed by atoms with Crippen LogP contribution in [0.1, 0.15) is 17.5 Å². The van der Waals surface area contributed by atoms with Crippen molar-refractivity contribution in [1.82, 2.24) is 16.2 Å². The Morgan fingerprint density at radius 1 is 1.12 bits per heavy atom. The molecule has 2 aromatic carbocycles. The average Bonchev–Trinajstić information content (AvgIpc) is 2.63. The van der Waals surface area contributed by atoms with Gasteiger partial charge in [0.15, 0.2) is 5.11 Å². The van der Waals surface area contributed by atoms with Crippen LogP contribution in [0.15, 0.2) is 48.5 Å². The summed E-state index contributed by atoms with van der Waals surface area (Å²) < 4.78 is 5.59. The Labute approximate surface area is 164 Å². The highest BCUT2D eigenvalue weighted by molar-refractivity contribution is 7.80. The predicted octanol–water partition coefficient (Wildman–Crippen LogP) is 3.16. The molecule has 2 aromatic rings. The van der Waals surface area contributed by atoms with E-state index in [0.29, 0.717) is 23.3 Å². The van der Waals surface area contributed by atoms with E-state index in [1.807, 2.05) is 55.5 Å². The second kappa shape index (κ2) is 10.6. The highest BCUT2D eigenvalue weighted by Gasteiger charge is 2.04. The SMILES string of the molecule is Cc1ccccc1OCCC(=O)NNC(=S)NCCc1ccc(Cl)cc1. The van der Waals surface area contributed by atoms with Crippen LogP contribution in [0.5, 0.6) is 5.75 Å². The third kappa shape index (κ3) is 7.29. The fraction of sp³-hybridized carbons (Fsp3) is 0.263. The number of benzene rings is 2. The molecule has 0 aliphatic rings. The Hall–Kier alpha value is -2.31. The molecule has 1 amide bonds. The normalized spacial score (nSPS) is 10.1. The Bertz CT molecular complexity index is 738. The first-order valence-electron chi connectivity index (χ1n) is 8.30. The summed E-state index contributed by atoms with van der Waals surface area (Å²) in [5.41, 5.74) is 7.43. The van der Waals surface area contributed by atoms with Crippen molar-refractivity contribution in [2.75, 3.05) is 13.2 Å². The molecule has 5 nitrogen and oxygen atoms in total. The lowest BCUT2D eigenvalue weighted by Gasteiger charge is -2.12. The average molecular weight is 392 g/mol. The van der Waals surface area contributed by atoms with Gasteiger partial charge in [0.25, 0.3) is 0 Å². The smallest absolute Gasteiger partial charge is 0.241 e. The first-order chi connectivity index (χ1) is 12.5. The molecule has 0 saturated heterocycles. The van der Waals surface area contributed by atoms with Gasteiger partial charge in [0.1, 0.15) is 5.75 Å². The molecule has 0 radical (unpaired) electrons. The minimum Gasteiger partial charge on any atom is -0.493 e. The van der Waals surface area contributed by atoms with Crippen molar-refractivity contribution in [3.8, 4) is 5.75 Å². The van der Waals surface area contributed by atoms with Gasteiger partial charge in [0.05, 0.1) is 13.0 Å². The summed E-state index contributed by atoms with van der Waals surface area (Å²) in [6.45, 7) is 2.92. The molecule has 0 spiro atoms. The van der Waals surface area contributed by atoms with E-state index < -0.39 is 0 Å². The first-order valence-corrected chi connectivity index (χ1v) is 9.09. The molecule has 0 bridgehead atoms. The van der Waals surface area contributed by atoms with Gasteiger partial charge in [-0.3, -0.25) is 15.6 Å². The molecule has 0 aliphatic carbocycles. The largest absolute Gasteiger partial charge is 0.493 e. The molecular formula is C19H22ClN3O2S. The van der Waals surface area contributed by atoms with E-state index in [-0.39, 0.29) is 12.3 Å². The van der Waals surface area contributed by atoms with E-state index in [0.717, 1.165) is 23.3 Å². The zero-order chi connectivity index (χ0) is 18.8. The van der Waals surface area contributed by atoms with Crippen molar-refractivity contribution in [2.24, 2.45) is 0 Å². The lowest BCUT2D eigenvalue weighted by molar-refractivity contribution is -0.122. The molecule has 0 atom stereocenters. The van der Waals surface area contributed by atoms with Gasteiger partial charge in [-0.25, -0.2) is 0 Å². The number of halogens is 1. The summed E-state index contributed by atoms with van der Waals surface area (Å²) in [7, 11) is 0. The number of hydrogen-bond donors (Lipinski definition) is 3. The van der Waals surface area contributed by atoms with Gasteiger partial charge in [-0.2, -0.15) is 0 Å². The van der Waals surface area contributed by atoms with Gasteiger partial charge in [0.2, 0.25) is 5.91 Å². The molecule has 0 heterocycles. The fourth-order valence-corrected chi connectivity index (χ4v) is 2.46. The Morgan fingerprint density at radius 3 is 2.58 bits per heavy atom. The predicted molar refractivity (Wildman–Crippen MR) is 108 cm³/mol. The second-order valence-corrected chi connectivity index (χ2v) is 6.51. The zero-order valence-corrected chi connectivity index (χ0v) is 16.1. The number of carbonyl (C=O) groups is 1. The maximum atomic E-state index is 11.8. The summed E-state index contributed by atoms with van der Waals surface area (Å²) in [5, 5.41) is 4.12. The molecule has 0 saturated carbocycles. The van der Waals surface area contributed by atoms with E-state index in [2.05, 4.69) is 16.2 Å². The Kier molecular flexibility index (Phi) is 8.18. The number of hydrogen-bond acceptors (Lipinski definition) is 3. The van der Waals surface area contributed by atoms with Crippen LogP contribution in [0, 0.1) is 6.92 Å². The van der Waals surface area contributed by atoms with E-state index in [1.54, 1.807) is 0 Å². The number of carbonyl (C=O) groups excluding carboxylic acids is 1. The molecule has 0 unspecified atom stereocenters. The maximum absolute atomic E-state index is 11.8. The van der Waals surface area contributed by atoms with Gasteiger partial charge in [-0.1, -0.05) is 41.9 Å². The minimum atomic E-state index is -0.194. The van der Waals surface area contributed by atoms with Gasteiger partial charge in [0, 0.05) is 11.6 Å². The first kappa shape index (κ1) is 20.0. The van der Waals surface area contributed by atoms with Gasteiger partial charge in [-0.05, 0) is 54.9 Å². The molecule has 2 rings (SSSR count). The molecule has 26 heavy (non-hydrogen) atoms. The standard InChI is InChI=1S/C19H22ClN3O2S/c1-14-4-2-3-5-17(14)25-13-11-18(24)22-23-19(26)21-12-10-15-6-8-16(20)9-7-15/h2-9H,10-13H2,1H3,(H,22,24)(H2,21,23,26). The van der Waals surface area contributed by atoms with Crippen molar-refractivity contribution >= 4 is 34.8 Å². The Balaban J connectivity index is 1.57. The highest BCUT2D eigenvalue weighted by atomic mass is 35.5. The summed E-state index contributed by atoms with van der Waals surface area (Å²) >= 11 is 11.0. The van der Waals surface area contributed by atoms with Crippen molar-refractivity contribution in [3.63, 3.8) is 0 Å². The lowest BCUT2D eigenvalue weighted by Crippen LogP contribution is -2.47. The van der Waals surface area contributed by atoms with Gasteiger partial charge in [-0.15, -0.1) is 0 Å². The number of nitrogens with one attached hydrogen (secondary N) is 3. The number of hydrazine groups is 1. The fourth-order valence-electron chi connectivity index (χ4n) is 2.18. The summed E-state index contributed by atoms with van der Waals surface area (Å²) in [4.78, 5) is 11.8. The number of para-hydroxylation sites is 1. The van der Waals surface area contributed by atoms with Crippen LogP contribution in [0.2, 0.25) is 5.02 Å². The quantitative estimate of drug-likeness (QED) is 0.500. The molecule has 0 aromatic heterocycles. The number of aryl methyl sites for hydroxylation is 1. The van der Waals surface area contributed by atoms with Crippen LogP contribution in [0.25, 0.3) is 0 Å². The van der Waals surface area contributed by atoms with E-state index in [1.165, 1.54) is 0 Å². The van der Waals surface area contributed by atoms with Crippen LogP contribution in [-0.2, 0) is 11.2 Å². The number of rotatable bonds is 7. The zero-order valence-electron chi connectivity index (χ0n) is 14.5. The molecule has 0 aliphatic heterocycles. The van der Waals surface area contributed by atoms with Crippen LogP contribution < -0.4 is 20.9 Å². The number of amides is 1. The second-order valence-electron chi connectivity index (χ2n) is 5.67. The Morgan fingerprint density at radius 2 is 1.85 bits per heavy atom.